The van der Waals surface area contributed by atoms with E-state index >= 15 is 0 Å². The zero-order valence-corrected chi connectivity index (χ0v) is 19.1. The van der Waals surface area contributed by atoms with Gasteiger partial charge < -0.3 is 14.2 Å². The fourth-order valence-corrected chi connectivity index (χ4v) is 3.01. The van der Waals surface area contributed by atoms with E-state index in [1.54, 1.807) is 37.3 Å². The number of halogens is 3. The monoisotopic (exact) mass is 464 g/mol. The summed E-state index contributed by atoms with van der Waals surface area (Å²) >= 11 is 0. The van der Waals surface area contributed by atoms with Gasteiger partial charge in [0.2, 0.25) is 0 Å². The largest absolute Gasteiger partial charge is 0.487 e. The van der Waals surface area contributed by atoms with Crippen LogP contribution in [0.15, 0.2) is 60.7 Å². The Kier molecular flexibility index (Phi) is 10.8. The van der Waals surface area contributed by atoms with Gasteiger partial charge in [-0.25, -0.2) is 4.79 Å². The summed E-state index contributed by atoms with van der Waals surface area (Å²) in [6.07, 6.45) is 5.03. The number of alkyl halides is 3. The normalized spacial score (nSPS) is 12.5. The van der Waals surface area contributed by atoms with Gasteiger partial charge in [-0.2, -0.15) is 13.2 Å². The van der Waals surface area contributed by atoms with Crippen molar-refractivity contribution < 1.29 is 32.2 Å². The first-order valence-corrected chi connectivity index (χ1v) is 11.2. The molecule has 0 saturated heterocycles. The highest BCUT2D eigenvalue weighted by Gasteiger charge is 2.30. The van der Waals surface area contributed by atoms with Crippen LogP contribution in [0.1, 0.15) is 57.9 Å². The maximum absolute atomic E-state index is 12.6. The number of ether oxygens (including phenoxy) is 3. The van der Waals surface area contributed by atoms with Gasteiger partial charge in [0.25, 0.3) is 0 Å². The maximum atomic E-state index is 12.6. The number of rotatable bonds is 13. The summed E-state index contributed by atoms with van der Waals surface area (Å²) in [5.41, 5.74) is -0.730. The molecular weight excluding hydrogens is 433 g/mol. The summed E-state index contributed by atoms with van der Waals surface area (Å²) in [4.78, 5) is 11.8. The van der Waals surface area contributed by atoms with Crippen molar-refractivity contribution in [3.63, 3.8) is 0 Å². The van der Waals surface area contributed by atoms with E-state index in [0.717, 1.165) is 25.0 Å². The van der Waals surface area contributed by atoms with E-state index < -0.39 is 11.7 Å². The summed E-state index contributed by atoms with van der Waals surface area (Å²) in [5.74, 6) is 0.933. The third kappa shape index (κ3) is 10.5. The van der Waals surface area contributed by atoms with E-state index in [1.165, 1.54) is 43.9 Å². The second kappa shape index (κ2) is 13.6. The molecule has 1 atom stereocenters. The molecule has 2 rings (SSSR count). The summed E-state index contributed by atoms with van der Waals surface area (Å²) < 4.78 is 54.4. The Hall–Kier alpha value is -2.96. The maximum Gasteiger partial charge on any atom is 0.416 e. The Morgan fingerprint density at radius 1 is 0.879 bits per heavy atom. The summed E-state index contributed by atoms with van der Waals surface area (Å²) in [6, 6.07) is 11.1. The molecule has 180 valence electrons. The van der Waals surface area contributed by atoms with Gasteiger partial charge in [-0.15, -0.1) is 0 Å². The number of esters is 1. The predicted molar refractivity (Wildman–Crippen MR) is 122 cm³/mol. The third-order valence-electron chi connectivity index (χ3n) is 4.81. The van der Waals surface area contributed by atoms with Gasteiger partial charge in [-0.3, -0.25) is 0 Å². The van der Waals surface area contributed by atoms with Crippen LogP contribution in [0.25, 0.3) is 0 Å². The predicted octanol–water partition coefficient (Wildman–Crippen LogP) is 7.72. The van der Waals surface area contributed by atoms with Crippen LogP contribution in [0.5, 0.6) is 17.2 Å². The van der Waals surface area contributed by atoms with E-state index in [4.69, 9.17) is 14.2 Å². The highest BCUT2D eigenvalue weighted by Crippen LogP contribution is 2.31. The quantitative estimate of drug-likeness (QED) is 0.173. The van der Waals surface area contributed by atoms with E-state index in [2.05, 4.69) is 6.92 Å². The van der Waals surface area contributed by atoms with Gasteiger partial charge in [0.15, 0.2) is 0 Å². The van der Waals surface area contributed by atoms with Gasteiger partial charge in [0.05, 0.1) is 12.2 Å². The van der Waals surface area contributed by atoms with Crippen LogP contribution >= 0.6 is 0 Å². The fraction of sp³-hybridized carbons (Fsp3) is 0.423. The first-order chi connectivity index (χ1) is 15.8. The van der Waals surface area contributed by atoms with Crippen molar-refractivity contribution in [2.75, 3.05) is 6.61 Å². The zero-order valence-electron chi connectivity index (χ0n) is 19.1. The standard InChI is InChI=1S/C26H31F3O4/c1-3-4-5-6-7-8-19-31-25(30)18-9-20(2)32-22-14-16-24(17-15-22)33-23-12-10-21(11-13-23)26(27,28)29/h9-18,20H,3-8,19H2,1-2H3/b18-9+. The lowest BCUT2D eigenvalue weighted by Crippen LogP contribution is -2.10. The Balaban J connectivity index is 1.72. The molecule has 2 aromatic rings. The molecule has 0 bridgehead atoms. The van der Waals surface area contributed by atoms with E-state index in [9.17, 15) is 18.0 Å². The lowest BCUT2D eigenvalue weighted by atomic mass is 10.1. The van der Waals surface area contributed by atoms with Crippen molar-refractivity contribution in [3.8, 4) is 17.2 Å². The van der Waals surface area contributed by atoms with E-state index in [-0.39, 0.29) is 12.1 Å². The molecule has 0 aliphatic carbocycles. The Labute approximate surface area is 193 Å². The van der Waals surface area contributed by atoms with Gasteiger partial charge in [0, 0.05) is 6.08 Å². The lowest BCUT2D eigenvalue weighted by Gasteiger charge is -2.12. The number of hydrogen-bond donors (Lipinski definition) is 0. The van der Waals surface area contributed by atoms with Gasteiger partial charge >= 0.3 is 12.1 Å². The molecule has 0 heterocycles. The molecule has 33 heavy (non-hydrogen) atoms. The number of benzene rings is 2. The Bertz CT molecular complexity index is 859. The van der Waals surface area contributed by atoms with Crippen LogP contribution in [-0.4, -0.2) is 18.7 Å². The second-order valence-corrected chi connectivity index (χ2v) is 7.71. The van der Waals surface area contributed by atoms with E-state index in [0.29, 0.717) is 23.9 Å². The summed E-state index contributed by atoms with van der Waals surface area (Å²) in [6.45, 7) is 4.39. The summed E-state index contributed by atoms with van der Waals surface area (Å²) in [7, 11) is 0. The van der Waals surface area contributed by atoms with Crippen LogP contribution in [0.3, 0.4) is 0 Å². The smallest absolute Gasteiger partial charge is 0.416 e. The van der Waals surface area contributed by atoms with Gasteiger partial charge in [-0.05, 0) is 68.0 Å². The lowest BCUT2D eigenvalue weighted by molar-refractivity contribution is -0.138. The minimum Gasteiger partial charge on any atom is -0.487 e. The minimum atomic E-state index is -4.38. The first-order valence-electron chi connectivity index (χ1n) is 11.2. The van der Waals surface area contributed by atoms with Crippen molar-refractivity contribution in [1.82, 2.24) is 0 Å². The van der Waals surface area contributed by atoms with Crippen LogP contribution in [0.4, 0.5) is 13.2 Å². The highest BCUT2D eigenvalue weighted by molar-refractivity contribution is 5.81. The average molecular weight is 465 g/mol. The zero-order chi connectivity index (χ0) is 24.1. The third-order valence-corrected chi connectivity index (χ3v) is 4.81. The molecule has 0 saturated carbocycles. The van der Waals surface area contributed by atoms with Crippen molar-refractivity contribution in [2.45, 2.75) is 64.7 Å². The fourth-order valence-electron chi connectivity index (χ4n) is 3.01. The van der Waals surface area contributed by atoms with Crippen molar-refractivity contribution in [3.05, 3.63) is 66.2 Å². The van der Waals surface area contributed by atoms with Crippen molar-refractivity contribution in [2.24, 2.45) is 0 Å². The van der Waals surface area contributed by atoms with E-state index in [1.807, 2.05) is 0 Å². The topological polar surface area (TPSA) is 44.8 Å². The molecule has 0 fully saturated rings. The molecule has 2 aromatic carbocycles. The van der Waals surface area contributed by atoms with Crippen LogP contribution < -0.4 is 9.47 Å². The van der Waals surface area contributed by atoms with Crippen LogP contribution in [0.2, 0.25) is 0 Å². The number of carbonyl (C=O) groups is 1. The SMILES string of the molecule is CCCCCCCCOC(=O)/C=C/C(C)Oc1ccc(Oc2ccc(C(F)(F)F)cc2)cc1. The van der Waals surface area contributed by atoms with Gasteiger partial charge in [0.1, 0.15) is 23.4 Å². The van der Waals surface area contributed by atoms with Gasteiger partial charge in [-0.1, -0.05) is 39.0 Å². The molecule has 4 nitrogen and oxygen atoms in total. The molecule has 1 unspecified atom stereocenters. The molecule has 0 spiro atoms. The molecule has 0 aliphatic rings. The van der Waals surface area contributed by atoms with Crippen molar-refractivity contribution >= 4 is 5.97 Å². The number of unbranched alkanes of at least 4 members (excludes halogenated alkanes) is 5. The Morgan fingerprint density at radius 2 is 1.42 bits per heavy atom. The molecule has 0 aliphatic heterocycles. The second-order valence-electron chi connectivity index (χ2n) is 7.71. The minimum absolute atomic E-state index is 0.299. The van der Waals surface area contributed by atoms with Crippen LogP contribution in [-0.2, 0) is 15.7 Å². The number of carbonyl (C=O) groups excluding carboxylic acids is 1. The summed E-state index contributed by atoms with van der Waals surface area (Å²) in [5, 5.41) is 0. The van der Waals surface area contributed by atoms with Crippen molar-refractivity contribution in [1.29, 1.82) is 0 Å². The molecule has 0 N–H and O–H groups in total. The Morgan fingerprint density at radius 3 is 2.03 bits per heavy atom. The molecule has 7 heteroatoms. The molecular formula is C26H31F3O4. The number of hydrogen-bond acceptors (Lipinski definition) is 4. The molecule has 0 amide bonds. The first kappa shape index (κ1) is 26.3. The molecule has 0 aromatic heterocycles. The highest BCUT2D eigenvalue weighted by atomic mass is 19.4. The van der Waals surface area contributed by atoms with Crippen LogP contribution in [0, 0.1) is 0 Å². The average Bonchev–Trinajstić information content (AvgIpc) is 2.78. The molecule has 0 radical (unpaired) electrons.